The summed E-state index contributed by atoms with van der Waals surface area (Å²) in [6, 6.07) is 5.40. The molecule has 1 atom stereocenters. The minimum Gasteiger partial charge on any atom is -0.461 e. The highest BCUT2D eigenvalue weighted by molar-refractivity contribution is 6.26. The Morgan fingerprint density at radius 2 is 1.81 bits per heavy atom. The summed E-state index contributed by atoms with van der Waals surface area (Å²) in [6.45, 7) is 6.79. The SMILES string of the molecule is CCOC(=O)C1=C[C@@]2(CC(=O)N(c3cc(C)cc(C)c3)C2=O)N(C(C)=O)N1. The number of ether oxygens (including phenoxy) is 1. The van der Waals surface area contributed by atoms with Gasteiger partial charge in [-0.2, -0.15) is 0 Å². The number of hydrazine groups is 1. The van der Waals surface area contributed by atoms with Gasteiger partial charge in [-0.05, 0) is 50.1 Å². The van der Waals surface area contributed by atoms with Gasteiger partial charge in [0.2, 0.25) is 11.8 Å². The van der Waals surface area contributed by atoms with Crippen molar-refractivity contribution in [3.63, 3.8) is 0 Å². The second-order valence-electron chi connectivity index (χ2n) is 6.73. The second kappa shape index (κ2) is 6.53. The first-order valence-corrected chi connectivity index (χ1v) is 8.62. The van der Waals surface area contributed by atoms with E-state index in [1.165, 1.54) is 13.0 Å². The van der Waals surface area contributed by atoms with Crippen LogP contribution >= 0.6 is 0 Å². The van der Waals surface area contributed by atoms with Gasteiger partial charge in [-0.3, -0.25) is 19.8 Å². The molecule has 2 aliphatic heterocycles. The predicted octanol–water partition coefficient (Wildman–Crippen LogP) is 1.12. The zero-order valence-corrected chi connectivity index (χ0v) is 15.7. The van der Waals surface area contributed by atoms with Crippen LogP contribution in [0.15, 0.2) is 30.0 Å². The molecule has 0 unspecified atom stereocenters. The van der Waals surface area contributed by atoms with Gasteiger partial charge in [0, 0.05) is 6.92 Å². The van der Waals surface area contributed by atoms with E-state index in [-0.39, 0.29) is 18.7 Å². The smallest absolute Gasteiger partial charge is 0.355 e. The number of hydrogen-bond acceptors (Lipinski definition) is 6. The monoisotopic (exact) mass is 371 g/mol. The van der Waals surface area contributed by atoms with Gasteiger partial charge in [-0.25, -0.2) is 14.7 Å². The zero-order valence-electron chi connectivity index (χ0n) is 15.7. The number of anilines is 1. The highest BCUT2D eigenvalue weighted by Gasteiger charge is 2.59. The van der Waals surface area contributed by atoms with Crippen LogP contribution in [0.25, 0.3) is 0 Å². The minimum atomic E-state index is -1.58. The average molecular weight is 371 g/mol. The molecule has 1 aromatic carbocycles. The third-order valence-corrected chi connectivity index (χ3v) is 4.53. The highest BCUT2D eigenvalue weighted by atomic mass is 16.5. The van der Waals surface area contributed by atoms with E-state index < -0.39 is 29.2 Å². The van der Waals surface area contributed by atoms with Gasteiger partial charge < -0.3 is 4.74 Å². The first-order chi connectivity index (χ1) is 12.7. The van der Waals surface area contributed by atoms with Crippen molar-refractivity contribution in [3.05, 3.63) is 41.1 Å². The van der Waals surface area contributed by atoms with E-state index in [2.05, 4.69) is 5.43 Å². The van der Waals surface area contributed by atoms with Gasteiger partial charge in [-0.1, -0.05) is 6.07 Å². The molecule has 0 radical (unpaired) electrons. The summed E-state index contributed by atoms with van der Waals surface area (Å²) in [5.41, 5.74) is 3.27. The van der Waals surface area contributed by atoms with E-state index in [1.54, 1.807) is 19.1 Å². The molecule has 1 saturated heterocycles. The third-order valence-electron chi connectivity index (χ3n) is 4.53. The maximum absolute atomic E-state index is 13.3. The fourth-order valence-corrected chi connectivity index (χ4v) is 3.55. The Hall–Kier alpha value is -3.16. The van der Waals surface area contributed by atoms with Crippen molar-refractivity contribution >= 4 is 29.4 Å². The van der Waals surface area contributed by atoms with Crippen LogP contribution < -0.4 is 10.3 Å². The summed E-state index contributed by atoms with van der Waals surface area (Å²) in [5, 5.41) is 1.03. The van der Waals surface area contributed by atoms with Gasteiger partial charge in [0.1, 0.15) is 5.70 Å². The van der Waals surface area contributed by atoms with Crippen molar-refractivity contribution in [2.75, 3.05) is 11.5 Å². The fraction of sp³-hybridized carbons (Fsp3) is 0.368. The molecule has 3 rings (SSSR count). The average Bonchev–Trinajstić information content (AvgIpc) is 3.06. The lowest BCUT2D eigenvalue weighted by Crippen LogP contribution is -2.56. The van der Waals surface area contributed by atoms with Crippen LogP contribution in [0.4, 0.5) is 5.69 Å². The van der Waals surface area contributed by atoms with E-state index in [0.717, 1.165) is 21.0 Å². The Balaban J connectivity index is 2.06. The van der Waals surface area contributed by atoms with Crippen LogP contribution in [-0.4, -0.2) is 40.8 Å². The topological polar surface area (TPSA) is 96.0 Å². The maximum atomic E-state index is 13.3. The van der Waals surface area contributed by atoms with E-state index in [4.69, 9.17) is 4.74 Å². The number of carbonyl (C=O) groups excluding carboxylic acids is 4. The molecule has 1 spiro atoms. The number of rotatable bonds is 3. The van der Waals surface area contributed by atoms with Crippen LogP contribution in [0.1, 0.15) is 31.4 Å². The summed E-state index contributed by atoms with van der Waals surface area (Å²) in [5.74, 6) is -2.21. The number of nitrogens with one attached hydrogen (secondary N) is 1. The molecular weight excluding hydrogens is 350 g/mol. The van der Waals surface area contributed by atoms with Crippen molar-refractivity contribution in [2.24, 2.45) is 0 Å². The van der Waals surface area contributed by atoms with Crippen LogP contribution in [0.2, 0.25) is 0 Å². The number of imide groups is 1. The van der Waals surface area contributed by atoms with Gasteiger partial charge >= 0.3 is 5.97 Å². The Labute approximate surface area is 156 Å². The van der Waals surface area contributed by atoms with Crippen LogP contribution in [-0.2, 0) is 23.9 Å². The van der Waals surface area contributed by atoms with E-state index in [1.807, 2.05) is 19.9 Å². The maximum Gasteiger partial charge on any atom is 0.355 e. The summed E-state index contributed by atoms with van der Waals surface area (Å²) in [7, 11) is 0. The van der Waals surface area contributed by atoms with Crippen molar-refractivity contribution in [1.29, 1.82) is 0 Å². The standard InChI is InChI=1S/C19H21N3O5/c1-5-27-17(25)15-9-19(22(20-15)13(4)23)10-16(24)21(18(19)26)14-7-11(2)6-12(3)8-14/h6-9,20H,5,10H2,1-4H3/t19-/m0/s1. The van der Waals surface area contributed by atoms with Gasteiger partial charge in [0.25, 0.3) is 5.91 Å². The third kappa shape index (κ3) is 2.97. The van der Waals surface area contributed by atoms with Crippen molar-refractivity contribution < 1.29 is 23.9 Å². The lowest BCUT2D eigenvalue weighted by atomic mass is 9.96. The van der Waals surface area contributed by atoms with Crippen molar-refractivity contribution in [2.45, 2.75) is 39.7 Å². The number of carbonyl (C=O) groups is 4. The Morgan fingerprint density at radius 3 is 2.37 bits per heavy atom. The molecule has 8 heteroatoms. The first kappa shape index (κ1) is 18.6. The number of nitrogens with zero attached hydrogens (tertiary/aromatic N) is 2. The molecule has 8 nitrogen and oxygen atoms in total. The molecule has 1 fully saturated rings. The van der Waals surface area contributed by atoms with Crippen LogP contribution in [0, 0.1) is 13.8 Å². The molecule has 1 N–H and O–H groups in total. The first-order valence-electron chi connectivity index (χ1n) is 8.62. The molecule has 1 aromatic rings. The van der Waals surface area contributed by atoms with Gasteiger partial charge in [0.05, 0.1) is 18.7 Å². The molecule has 27 heavy (non-hydrogen) atoms. The molecule has 0 aliphatic carbocycles. The fourth-order valence-electron chi connectivity index (χ4n) is 3.55. The predicted molar refractivity (Wildman–Crippen MR) is 96.1 cm³/mol. The van der Waals surface area contributed by atoms with E-state index >= 15 is 0 Å². The van der Waals surface area contributed by atoms with E-state index in [9.17, 15) is 19.2 Å². The molecule has 142 valence electrons. The quantitative estimate of drug-likeness (QED) is 0.632. The summed E-state index contributed by atoms with van der Waals surface area (Å²) in [6.07, 6.45) is 1.06. The zero-order chi connectivity index (χ0) is 19.9. The summed E-state index contributed by atoms with van der Waals surface area (Å²) < 4.78 is 4.94. The number of esters is 1. The molecule has 0 aromatic heterocycles. The van der Waals surface area contributed by atoms with Crippen LogP contribution in [0.3, 0.4) is 0 Å². The molecule has 3 amide bonds. The molecule has 0 bridgehead atoms. The Kier molecular flexibility index (Phi) is 4.51. The second-order valence-corrected chi connectivity index (χ2v) is 6.73. The molecular formula is C19H21N3O5. The molecule has 2 heterocycles. The number of benzene rings is 1. The minimum absolute atomic E-state index is 0.0320. The van der Waals surface area contributed by atoms with Crippen molar-refractivity contribution in [3.8, 4) is 0 Å². The number of hydrogen-bond donors (Lipinski definition) is 1. The lowest BCUT2D eigenvalue weighted by molar-refractivity contribution is -0.144. The molecule has 0 saturated carbocycles. The summed E-state index contributed by atoms with van der Waals surface area (Å²) >= 11 is 0. The van der Waals surface area contributed by atoms with Gasteiger partial charge in [0.15, 0.2) is 5.54 Å². The Bertz CT molecular complexity index is 871. The lowest BCUT2D eigenvalue weighted by Gasteiger charge is -2.30. The largest absolute Gasteiger partial charge is 0.461 e. The van der Waals surface area contributed by atoms with Crippen LogP contribution in [0.5, 0.6) is 0 Å². The Morgan fingerprint density at radius 1 is 1.19 bits per heavy atom. The number of amides is 3. The normalized spacial score (nSPS) is 21.6. The van der Waals surface area contributed by atoms with Crippen molar-refractivity contribution in [1.82, 2.24) is 10.4 Å². The molecule has 2 aliphatic rings. The highest BCUT2D eigenvalue weighted by Crippen LogP contribution is 2.38. The van der Waals surface area contributed by atoms with E-state index in [0.29, 0.717) is 5.69 Å². The van der Waals surface area contributed by atoms with Gasteiger partial charge in [-0.15, -0.1) is 0 Å². The summed E-state index contributed by atoms with van der Waals surface area (Å²) in [4.78, 5) is 51.3. The number of aryl methyl sites for hydroxylation is 2.